The maximum atomic E-state index is 11.2. The molecular formula is C7H15N5O2S2. The van der Waals surface area contributed by atoms with Crippen molar-refractivity contribution in [2.24, 2.45) is 0 Å². The van der Waals surface area contributed by atoms with Gasteiger partial charge >= 0.3 is 0 Å². The Bertz CT molecular complexity index is 441. The Morgan fingerprint density at radius 2 is 2.12 bits per heavy atom. The summed E-state index contributed by atoms with van der Waals surface area (Å²) < 4.78 is 25.2. The normalized spacial score (nSPS) is 12.6. The first kappa shape index (κ1) is 13.4. The minimum Gasteiger partial charge on any atom is -0.218 e. The molecule has 0 saturated carbocycles. The molecule has 0 bridgehead atoms. The fourth-order valence-corrected chi connectivity index (χ4v) is 2.54. The summed E-state index contributed by atoms with van der Waals surface area (Å²) in [6.07, 6.45) is 1.17. The molecule has 0 aromatic carbocycles. The third kappa shape index (κ3) is 3.42. The minimum absolute atomic E-state index is 0.154. The third-order valence-corrected chi connectivity index (χ3v) is 4.36. The highest BCUT2D eigenvalue weighted by Gasteiger charge is 2.14. The van der Waals surface area contributed by atoms with E-state index in [1.165, 1.54) is 29.4 Å². The third-order valence-electron chi connectivity index (χ3n) is 1.89. The van der Waals surface area contributed by atoms with Gasteiger partial charge in [-0.25, -0.2) is 13.1 Å². The van der Waals surface area contributed by atoms with Gasteiger partial charge in [-0.2, -0.15) is 4.31 Å². The van der Waals surface area contributed by atoms with E-state index in [0.717, 1.165) is 0 Å². The van der Waals surface area contributed by atoms with Gasteiger partial charge in [0, 0.05) is 7.05 Å². The van der Waals surface area contributed by atoms with Crippen LogP contribution in [0.4, 0.5) is 0 Å². The van der Waals surface area contributed by atoms with Crippen LogP contribution in [0.5, 0.6) is 0 Å². The lowest BCUT2D eigenvalue weighted by Gasteiger charge is -2.13. The Labute approximate surface area is 99.2 Å². The molecule has 16 heavy (non-hydrogen) atoms. The van der Waals surface area contributed by atoms with E-state index in [0.29, 0.717) is 11.0 Å². The number of thioether (sulfide) groups is 1. The number of aromatic nitrogens is 4. The summed E-state index contributed by atoms with van der Waals surface area (Å²) >= 11 is 1.29. The van der Waals surface area contributed by atoms with Crippen LogP contribution >= 0.6 is 11.8 Å². The number of hydrogen-bond donors (Lipinski definition) is 0. The van der Waals surface area contributed by atoms with Crippen molar-refractivity contribution >= 4 is 21.8 Å². The summed E-state index contributed by atoms with van der Waals surface area (Å²) in [5.41, 5.74) is 0. The van der Waals surface area contributed by atoms with Crippen molar-refractivity contribution in [2.45, 2.75) is 25.0 Å². The molecule has 0 saturated heterocycles. The van der Waals surface area contributed by atoms with Gasteiger partial charge in [0.1, 0.15) is 0 Å². The number of nitrogens with zero attached hydrogens (tertiary/aromatic N) is 5. The van der Waals surface area contributed by atoms with Crippen LogP contribution in [0.3, 0.4) is 0 Å². The highest BCUT2D eigenvalue weighted by Crippen LogP contribution is 2.18. The molecule has 1 aromatic heterocycles. The summed E-state index contributed by atoms with van der Waals surface area (Å²) in [5, 5.41) is 11.8. The van der Waals surface area contributed by atoms with Crippen molar-refractivity contribution in [3.05, 3.63) is 0 Å². The molecule has 0 atom stereocenters. The van der Waals surface area contributed by atoms with E-state index in [-0.39, 0.29) is 6.04 Å². The minimum atomic E-state index is -3.15. The van der Waals surface area contributed by atoms with Gasteiger partial charge in [0.2, 0.25) is 15.2 Å². The zero-order valence-electron chi connectivity index (χ0n) is 9.65. The highest BCUT2D eigenvalue weighted by atomic mass is 32.2. The fourth-order valence-electron chi connectivity index (χ4n) is 0.849. The van der Waals surface area contributed by atoms with Crippen molar-refractivity contribution in [3.63, 3.8) is 0 Å². The van der Waals surface area contributed by atoms with Gasteiger partial charge < -0.3 is 0 Å². The topological polar surface area (TPSA) is 81.0 Å². The van der Waals surface area contributed by atoms with E-state index in [4.69, 9.17) is 0 Å². The number of sulfonamides is 1. The van der Waals surface area contributed by atoms with E-state index in [1.807, 2.05) is 13.8 Å². The Morgan fingerprint density at radius 3 is 2.62 bits per heavy atom. The maximum absolute atomic E-state index is 11.2. The first-order valence-corrected chi connectivity index (χ1v) is 7.47. The summed E-state index contributed by atoms with van der Waals surface area (Å²) in [4.78, 5) is 0. The lowest BCUT2D eigenvalue weighted by atomic mass is 10.4. The first-order valence-electron chi connectivity index (χ1n) is 4.64. The average Bonchev–Trinajstić information content (AvgIpc) is 2.60. The molecule has 0 radical (unpaired) electrons. The molecule has 0 N–H and O–H groups in total. The predicted molar refractivity (Wildman–Crippen MR) is 61.5 cm³/mol. The average molecular weight is 265 g/mol. The Balaban J connectivity index is 2.65. The van der Waals surface area contributed by atoms with Crippen LogP contribution in [-0.2, 0) is 10.0 Å². The van der Waals surface area contributed by atoms with Crippen LogP contribution < -0.4 is 0 Å². The van der Waals surface area contributed by atoms with Crippen molar-refractivity contribution in [1.29, 1.82) is 0 Å². The fraction of sp³-hybridized carbons (Fsp3) is 0.857. The second-order valence-corrected chi connectivity index (χ2v) is 6.64. The summed E-state index contributed by atoms with van der Waals surface area (Å²) in [5.74, 6) is 0.298. The second-order valence-electron chi connectivity index (χ2n) is 3.63. The standard InChI is InChI=1S/C7H15N5O2S2/c1-6(2)12-7(8-9-10-12)15-5-11(3)16(4,13)14/h6H,5H2,1-4H3. The number of hydrogen-bond acceptors (Lipinski definition) is 6. The number of tetrazole rings is 1. The van der Waals surface area contributed by atoms with Gasteiger partial charge in [-0.15, -0.1) is 5.10 Å². The Hall–Kier alpha value is -0.670. The van der Waals surface area contributed by atoms with E-state index in [2.05, 4.69) is 15.5 Å². The molecule has 0 aliphatic carbocycles. The Morgan fingerprint density at radius 1 is 1.50 bits per heavy atom. The summed E-state index contributed by atoms with van der Waals surface area (Å²) in [6, 6.07) is 0.154. The molecule has 0 fully saturated rings. The summed E-state index contributed by atoms with van der Waals surface area (Å²) in [7, 11) is -1.63. The molecule has 0 spiro atoms. The maximum Gasteiger partial charge on any atom is 0.211 e. The van der Waals surface area contributed by atoms with Crippen molar-refractivity contribution in [2.75, 3.05) is 19.2 Å². The van der Waals surface area contributed by atoms with Crippen LogP contribution in [0, 0.1) is 0 Å². The van der Waals surface area contributed by atoms with E-state index >= 15 is 0 Å². The first-order chi connectivity index (χ1) is 7.32. The van der Waals surface area contributed by atoms with Gasteiger partial charge in [-0.1, -0.05) is 11.8 Å². The van der Waals surface area contributed by atoms with Crippen molar-refractivity contribution < 1.29 is 8.42 Å². The van der Waals surface area contributed by atoms with Crippen molar-refractivity contribution in [3.8, 4) is 0 Å². The molecule has 0 aliphatic heterocycles. The van der Waals surface area contributed by atoms with Crippen LogP contribution in [0.25, 0.3) is 0 Å². The lowest BCUT2D eigenvalue weighted by Crippen LogP contribution is -2.25. The molecule has 1 heterocycles. The van der Waals surface area contributed by atoms with E-state index in [9.17, 15) is 8.42 Å². The lowest BCUT2D eigenvalue weighted by molar-refractivity contribution is 0.475. The van der Waals surface area contributed by atoms with Crippen molar-refractivity contribution in [1.82, 2.24) is 24.5 Å². The van der Waals surface area contributed by atoms with E-state index in [1.54, 1.807) is 4.68 Å². The van der Waals surface area contributed by atoms with Gasteiger partial charge in [0.25, 0.3) is 0 Å². The highest BCUT2D eigenvalue weighted by molar-refractivity contribution is 8.00. The molecule has 1 rings (SSSR count). The molecule has 7 nitrogen and oxygen atoms in total. The molecule has 0 amide bonds. The van der Waals surface area contributed by atoms with E-state index < -0.39 is 10.0 Å². The SMILES string of the molecule is CC(C)n1nnnc1SCN(C)S(C)(=O)=O. The predicted octanol–water partition coefficient (Wildman–Crippen LogP) is 0.195. The Kier molecular flexibility index (Phi) is 4.28. The van der Waals surface area contributed by atoms with Crippen LogP contribution in [-0.4, -0.2) is 52.1 Å². The van der Waals surface area contributed by atoms with Gasteiger partial charge in [-0.3, -0.25) is 0 Å². The van der Waals surface area contributed by atoms with Crippen LogP contribution in [0.1, 0.15) is 19.9 Å². The number of rotatable bonds is 5. The smallest absolute Gasteiger partial charge is 0.211 e. The van der Waals surface area contributed by atoms with Crippen LogP contribution in [0.2, 0.25) is 0 Å². The van der Waals surface area contributed by atoms with Gasteiger partial charge in [-0.05, 0) is 24.3 Å². The molecular weight excluding hydrogens is 250 g/mol. The zero-order valence-corrected chi connectivity index (χ0v) is 11.3. The molecule has 92 valence electrons. The molecule has 0 aliphatic rings. The molecule has 9 heteroatoms. The summed E-state index contributed by atoms with van der Waals surface area (Å²) in [6.45, 7) is 3.92. The monoisotopic (exact) mass is 265 g/mol. The molecule has 0 unspecified atom stereocenters. The van der Waals surface area contributed by atoms with Crippen LogP contribution in [0.15, 0.2) is 5.16 Å². The van der Waals surface area contributed by atoms with Gasteiger partial charge in [0.15, 0.2) is 0 Å². The van der Waals surface area contributed by atoms with Gasteiger partial charge in [0.05, 0.1) is 18.2 Å². The largest absolute Gasteiger partial charge is 0.218 e. The zero-order chi connectivity index (χ0) is 12.3. The molecule has 1 aromatic rings. The quantitative estimate of drug-likeness (QED) is 0.558. The second kappa shape index (κ2) is 5.11.